The molecule has 0 unspecified atom stereocenters. The summed E-state index contributed by atoms with van der Waals surface area (Å²) in [6.07, 6.45) is 2.26. The molecular formula is C21H24N2O4S2. The zero-order valence-corrected chi connectivity index (χ0v) is 18.3. The summed E-state index contributed by atoms with van der Waals surface area (Å²) in [6, 6.07) is 10.7. The summed E-state index contributed by atoms with van der Waals surface area (Å²) in [4.78, 5) is 16.4. The molecule has 0 atom stereocenters. The minimum absolute atomic E-state index is 0.184. The largest absolute Gasteiger partial charge is 0.423 e. The van der Waals surface area contributed by atoms with Crippen molar-refractivity contribution >= 4 is 32.8 Å². The molecule has 2 aromatic heterocycles. The molecule has 154 valence electrons. The van der Waals surface area contributed by atoms with Crippen LogP contribution in [0.15, 0.2) is 61.7 Å². The second kappa shape index (κ2) is 9.11. The van der Waals surface area contributed by atoms with Gasteiger partial charge in [0.1, 0.15) is 10.5 Å². The average Bonchev–Trinajstić information content (AvgIpc) is 2.72. The number of benzene rings is 1. The van der Waals surface area contributed by atoms with Crippen LogP contribution >= 0.6 is 11.8 Å². The Bertz CT molecular complexity index is 1150. The van der Waals surface area contributed by atoms with Crippen molar-refractivity contribution in [2.75, 3.05) is 13.1 Å². The number of aryl methyl sites for hydroxylation is 1. The van der Waals surface area contributed by atoms with Gasteiger partial charge in [-0.1, -0.05) is 32.9 Å². The minimum Gasteiger partial charge on any atom is -0.423 e. The lowest BCUT2D eigenvalue weighted by atomic mass is 10.1. The molecule has 0 spiro atoms. The predicted octanol–water partition coefficient (Wildman–Crippen LogP) is 4.07. The number of hydrogen-bond acceptors (Lipinski definition) is 6. The fourth-order valence-electron chi connectivity index (χ4n) is 3.08. The number of aromatic nitrogens is 1. The lowest BCUT2D eigenvalue weighted by Crippen LogP contribution is -2.30. The van der Waals surface area contributed by atoms with E-state index in [0.29, 0.717) is 29.5 Å². The van der Waals surface area contributed by atoms with Crippen molar-refractivity contribution < 1.29 is 12.8 Å². The van der Waals surface area contributed by atoms with E-state index < -0.39 is 10.0 Å². The van der Waals surface area contributed by atoms with E-state index in [9.17, 15) is 13.2 Å². The van der Waals surface area contributed by atoms with Crippen LogP contribution in [0.4, 0.5) is 0 Å². The summed E-state index contributed by atoms with van der Waals surface area (Å²) >= 11 is 1.45. The van der Waals surface area contributed by atoms with E-state index in [1.54, 1.807) is 12.1 Å². The minimum atomic E-state index is -3.52. The smallest absolute Gasteiger partial charge is 0.336 e. The van der Waals surface area contributed by atoms with Crippen LogP contribution in [0, 0.1) is 0 Å². The maximum atomic E-state index is 12.6. The third kappa shape index (κ3) is 4.71. The van der Waals surface area contributed by atoms with Crippen LogP contribution in [0.3, 0.4) is 0 Å². The molecule has 3 aromatic rings. The van der Waals surface area contributed by atoms with E-state index >= 15 is 0 Å². The van der Waals surface area contributed by atoms with Gasteiger partial charge in [0.25, 0.3) is 0 Å². The molecule has 29 heavy (non-hydrogen) atoms. The van der Waals surface area contributed by atoms with Gasteiger partial charge in [-0.05, 0) is 35.7 Å². The van der Waals surface area contributed by atoms with Gasteiger partial charge in [-0.3, -0.25) is 0 Å². The Kier molecular flexibility index (Phi) is 6.77. The highest BCUT2D eigenvalue weighted by Gasteiger charge is 2.21. The van der Waals surface area contributed by atoms with Gasteiger partial charge < -0.3 is 4.42 Å². The van der Waals surface area contributed by atoms with Gasteiger partial charge in [-0.15, -0.1) is 11.8 Å². The summed E-state index contributed by atoms with van der Waals surface area (Å²) in [5.74, 6) is 0.530. The van der Waals surface area contributed by atoms with Crippen molar-refractivity contribution in [1.29, 1.82) is 0 Å². The maximum absolute atomic E-state index is 12.6. The second-order valence-electron chi connectivity index (χ2n) is 6.48. The molecular weight excluding hydrogens is 408 g/mol. The Morgan fingerprint density at radius 1 is 1.07 bits per heavy atom. The molecule has 0 aliphatic heterocycles. The van der Waals surface area contributed by atoms with Gasteiger partial charge in [0, 0.05) is 36.5 Å². The lowest BCUT2D eigenvalue weighted by Gasteiger charge is -2.18. The van der Waals surface area contributed by atoms with Crippen LogP contribution in [0.5, 0.6) is 0 Å². The van der Waals surface area contributed by atoms with Crippen molar-refractivity contribution in [2.24, 2.45) is 0 Å². The molecule has 0 radical (unpaired) electrons. The molecule has 0 N–H and O–H groups in total. The molecule has 8 heteroatoms. The highest BCUT2D eigenvalue weighted by molar-refractivity contribution is 7.98. The highest BCUT2D eigenvalue weighted by atomic mass is 32.2. The van der Waals surface area contributed by atoms with Crippen LogP contribution in [-0.2, 0) is 22.2 Å². The van der Waals surface area contributed by atoms with Crippen molar-refractivity contribution in [1.82, 2.24) is 9.29 Å². The number of nitrogens with zero attached hydrogens (tertiary/aromatic N) is 2. The Hall–Kier alpha value is -2.16. The van der Waals surface area contributed by atoms with Crippen LogP contribution in [0.2, 0.25) is 0 Å². The predicted molar refractivity (Wildman–Crippen MR) is 116 cm³/mol. The van der Waals surface area contributed by atoms with E-state index in [-0.39, 0.29) is 10.5 Å². The van der Waals surface area contributed by atoms with Crippen LogP contribution < -0.4 is 5.63 Å². The van der Waals surface area contributed by atoms with Crippen molar-refractivity contribution in [3.63, 3.8) is 0 Å². The van der Waals surface area contributed by atoms with Gasteiger partial charge in [-0.2, -0.15) is 4.31 Å². The zero-order chi connectivity index (χ0) is 21.0. The fourth-order valence-corrected chi connectivity index (χ4v) is 5.32. The van der Waals surface area contributed by atoms with Gasteiger partial charge in [-0.25, -0.2) is 18.2 Å². The number of hydrogen-bond donors (Lipinski definition) is 0. The lowest BCUT2D eigenvalue weighted by molar-refractivity contribution is 0.445. The SMILES string of the molecule is CCc1ccc2c(CSc3ccc(S(=O)(=O)N(CC)CC)cn3)cc(=O)oc2c1. The first-order valence-electron chi connectivity index (χ1n) is 9.53. The summed E-state index contributed by atoms with van der Waals surface area (Å²) in [6.45, 7) is 6.50. The molecule has 6 nitrogen and oxygen atoms in total. The molecule has 1 aromatic carbocycles. The van der Waals surface area contributed by atoms with Crippen LogP contribution in [0.25, 0.3) is 11.0 Å². The summed E-state index contributed by atoms with van der Waals surface area (Å²) in [7, 11) is -3.52. The summed E-state index contributed by atoms with van der Waals surface area (Å²) in [5, 5.41) is 1.59. The van der Waals surface area contributed by atoms with Gasteiger partial charge in [0.2, 0.25) is 10.0 Å². The fraction of sp³-hybridized carbons (Fsp3) is 0.333. The second-order valence-corrected chi connectivity index (χ2v) is 9.42. The normalized spacial score (nSPS) is 12.0. The molecule has 0 saturated heterocycles. The molecule has 0 amide bonds. The number of fused-ring (bicyclic) bond motifs is 1. The molecule has 0 aliphatic rings. The van der Waals surface area contributed by atoms with E-state index in [2.05, 4.69) is 11.9 Å². The average molecular weight is 433 g/mol. The molecule has 3 rings (SSSR count). The van der Waals surface area contributed by atoms with Gasteiger partial charge >= 0.3 is 5.63 Å². The number of pyridine rings is 1. The standard InChI is InChI=1S/C21H24N2O4S2/c1-4-15-7-9-18-16(12-21(24)27-19(18)11-15)14-28-20-10-8-17(13-22-20)29(25,26)23(5-2)6-3/h7-13H,4-6,14H2,1-3H3. The van der Waals surface area contributed by atoms with Crippen LogP contribution in [0.1, 0.15) is 31.9 Å². The topological polar surface area (TPSA) is 80.5 Å². The van der Waals surface area contributed by atoms with E-state index in [1.165, 1.54) is 28.3 Å². The highest BCUT2D eigenvalue weighted by Crippen LogP contribution is 2.27. The molecule has 0 fully saturated rings. The van der Waals surface area contributed by atoms with E-state index in [1.807, 2.05) is 32.0 Å². The van der Waals surface area contributed by atoms with E-state index in [0.717, 1.165) is 22.9 Å². The first-order chi connectivity index (χ1) is 13.9. The molecule has 2 heterocycles. The van der Waals surface area contributed by atoms with Crippen molar-refractivity contribution in [3.05, 3.63) is 64.1 Å². The van der Waals surface area contributed by atoms with Crippen molar-refractivity contribution in [2.45, 2.75) is 42.9 Å². The summed E-state index contributed by atoms with van der Waals surface area (Å²) in [5.41, 5.74) is 2.18. The molecule has 0 aliphatic carbocycles. The maximum Gasteiger partial charge on any atom is 0.336 e. The monoisotopic (exact) mass is 432 g/mol. The third-order valence-electron chi connectivity index (χ3n) is 4.73. The third-order valence-corrected chi connectivity index (χ3v) is 7.76. The Balaban J connectivity index is 1.81. The van der Waals surface area contributed by atoms with E-state index in [4.69, 9.17) is 4.42 Å². The zero-order valence-electron chi connectivity index (χ0n) is 16.7. The van der Waals surface area contributed by atoms with Gasteiger partial charge in [0.05, 0.1) is 5.03 Å². The molecule has 0 bridgehead atoms. The number of sulfonamides is 1. The summed E-state index contributed by atoms with van der Waals surface area (Å²) < 4.78 is 31.9. The van der Waals surface area contributed by atoms with Crippen molar-refractivity contribution in [3.8, 4) is 0 Å². The first-order valence-corrected chi connectivity index (χ1v) is 12.0. The van der Waals surface area contributed by atoms with Gasteiger partial charge in [0.15, 0.2) is 0 Å². The Morgan fingerprint density at radius 2 is 1.83 bits per heavy atom. The Labute approximate surface area is 175 Å². The molecule has 0 saturated carbocycles. The Morgan fingerprint density at radius 3 is 2.45 bits per heavy atom. The first kappa shape index (κ1) is 21.5. The quantitative estimate of drug-likeness (QED) is 0.394. The number of thioether (sulfide) groups is 1. The number of rotatable bonds is 8. The van der Waals surface area contributed by atoms with Crippen LogP contribution in [-0.4, -0.2) is 30.8 Å².